The maximum Gasteiger partial charge on any atom is 0.163 e. The summed E-state index contributed by atoms with van der Waals surface area (Å²) in [5.41, 5.74) is 2.05. The highest BCUT2D eigenvalue weighted by Crippen LogP contribution is 2.28. The molecular weight excluding hydrogens is 358 g/mol. The van der Waals surface area contributed by atoms with E-state index in [1.54, 1.807) is 0 Å². The second-order valence-corrected chi connectivity index (χ2v) is 6.79. The number of piperidine rings is 1. The van der Waals surface area contributed by atoms with Gasteiger partial charge in [-0.1, -0.05) is 15.9 Å². The van der Waals surface area contributed by atoms with Crippen LogP contribution in [0.1, 0.15) is 36.5 Å². The van der Waals surface area contributed by atoms with Gasteiger partial charge in [0, 0.05) is 23.1 Å². The number of halogens is 1. The van der Waals surface area contributed by atoms with Crippen LogP contribution in [0.5, 0.6) is 0 Å². The third kappa shape index (κ3) is 2.57. The highest BCUT2D eigenvalue weighted by molar-refractivity contribution is 9.10. The Bertz CT molecular complexity index is 764. The Balaban J connectivity index is 1.88. The second kappa shape index (κ2) is 6.05. The summed E-state index contributed by atoms with van der Waals surface area (Å²) in [6.45, 7) is 2.42. The van der Waals surface area contributed by atoms with Crippen molar-refractivity contribution >= 4 is 21.8 Å². The Hall–Kier alpha value is -1.73. The van der Waals surface area contributed by atoms with Crippen molar-refractivity contribution in [3.63, 3.8) is 0 Å². The number of nitrogens with zero attached hydrogens (tertiary/aromatic N) is 5. The molecule has 1 fully saturated rings. The van der Waals surface area contributed by atoms with Gasteiger partial charge in [-0.2, -0.15) is 0 Å². The van der Waals surface area contributed by atoms with Crippen molar-refractivity contribution in [1.29, 1.82) is 0 Å². The van der Waals surface area contributed by atoms with Gasteiger partial charge < -0.3 is 10.0 Å². The molecule has 2 aliphatic rings. The highest BCUT2D eigenvalue weighted by Gasteiger charge is 2.25. The minimum Gasteiger partial charge on any atom is -0.388 e. The van der Waals surface area contributed by atoms with Crippen LogP contribution in [0, 0.1) is 0 Å². The number of aliphatic imine (C=N–C) groups is 1. The summed E-state index contributed by atoms with van der Waals surface area (Å²) in [5, 5.41) is 17.9. The number of aromatic nitrogens is 3. The third-order valence-corrected chi connectivity index (χ3v) is 4.90. The van der Waals surface area contributed by atoms with E-state index in [1.807, 2.05) is 16.7 Å². The molecule has 0 unspecified atom stereocenters. The summed E-state index contributed by atoms with van der Waals surface area (Å²) in [7, 11) is 0. The summed E-state index contributed by atoms with van der Waals surface area (Å²) in [5.74, 6) is 2.35. The van der Waals surface area contributed by atoms with Gasteiger partial charge in [-0.05, 0) is 37.5 Å². The molecule has 0 radical (unpaired) electrons. The average Bonchev–Trinajstić information content (AvgIpc) is 2.92. The van der Waals surface area contributed by atoms with E-state index < -0.39 is 0 Å². The zero-order valence-electron chi connectivity index (χ0n) is 12.7. The van der Waals surface area contributed by atoms with Crippen molar-refractivity contribution in [3.05, 3.63) is 39.9 Å². The molecule has 0 spiro atoms. The lowest BCUT2D eigenvalue weighted by Crippen LogP contribution is -2.36. The van der Waals surface area contributed by atoms with Crippen LogP contribution in [-0.4, -0.2) is 43.7 Å². The number of rotatable bonds is 1. The summed E-state index contributed by atoms with van der Waals surface area (Å²) in [4.78, 5) is 7.20. The van der Waals surface area contributed by atoms with Crippen LogP contribution in [-0.2, 0) is 13.2 Å². The van der Waals surface area contributed by atoms with Crippen LogP contribution in [0.2, 0.25) is 0 Å². The number of amidine groups is 1. The molecule has 1 saturated heterocycles. The normalized spacial score (nSPS) is 17.3. The molecule has 7 heteroatoms. The topological polar surface area (TPSA) is 66.5 Å². The minimum absolute atomic E-state index is 0.137. The Morgan fingerprint density at radius 2 is 1.96 bits per heavy atom. The van der Waals surface area contributed by atoms with Crippen LogP contribution < -0.4 is 0 Å². The number of aliphatic hydroxyl groups is 1. The van der Waals surface area contributed by atoms with Crippen LogP contribution in [0.3, 0.4) is 0 Å². The zero-order valence-corrected chi connectivity index (χ0v) is 14.3. The first-order chi connectivity index (χ1) is 11.3. The van der Waals surface area contributed by atoms with E-state index in [2.05, 4.69) is 37.1 Å². The van der Waals surface area contributed by atoms with Crippen LogP contribution in [0.4, 0.5) is 0 Å². The maximum atomic E-state index is 9.59. The molecular formula is C16H18BrN5O. The molecule has 0 aliphatic carbocycles. The Labute approximate surface area is 143 Å². The van der Waals surface area contributed by atoms with Gasteiger partial charge in [0.2, 0.25) is 0 Å². The molecule has 0 atom stereocenters. The Morgan fingerprint density at radius 1 is 1.13 bits per heavy atom. The fourth-order valence-electron chi connectivity index (χ4n) is 3.33. The quantitative estimate of drug-likeness (QED) is 0.829. The smallest absolute Gasteiger partial charge is 0.163 e. The van der Waals surface area contributed by atoms with E-state index in [0.29, 0.717) is 12.4 Å². The molecule has 0 saturated carbocycles. The lowest BCUT2D eigenvalue weighted by atomic mass is 10.1. The molecule has 2 aromatic rings. The highest BCUT2D eigenvalue weighted by atomic mass is 79.9. The molecule has 23 heavy (non-hydrogen) atoms. The minimum atomic E-state index is -0.137. The Kier molecular flexibility index (Phi) is 3.90. The molecule has 0 bridgehead atoms. The van der Waals surface area contributed by atoms with Crippen molar-refractivity contribution in [2.24, 2.45) is 4.99 Å². The van der Waals surface area contributed by atoms with Gasteiger partial charge in [-0.25, -0.2) is 0 Å². The number of likely N-dealkylation sites (tertiary alicyclic amines) is 1. The largest absolute Gasteiger partial charge is 0.388 e. The number of aliphatic hydroxyl groups excluding tert-OH is 1. The van der Waals surface area contributed by atoms with Gasteiger partial charge in [0.25, 0.3) is 0 Å². The summed E-state index contributed by atoms with van der Waals surface area (Å²) in [6.07, 6.45) is 3.70. The zero-order chi connectivity index (χ0) is 15.8. The van der Waals surface area contributed by atoms with Gasteiger partial charge in [0.15, 0.2) is 11.6 Å². The number of benzene rings is 1. The van der Waals surface area contributed by atoms with Crippen molar-refractivity contribution in [3.8, 4) is 5.69 Å². The number of fused-ring (bicyclic) bond motifs is 3. The molecule has 4 rings (SSSR count). The maximum absolute atomic E-state index is 9.59. The van der Waals surface area contributed by atoms with E-state index in [-0.39, 0.29) is 6.61 Å². The number of hydrogen-bond acceptors (Lipinski definition) is 5. The lowest BCUT2D eigenvalue weighted by Gasteiger charge is -2.30. The van der Waals surface area contributed by atoms with Crippen LogP contribution >= 0.6 is 15.9 Å². The second-order valence-electron chi connectivity index (χ2n) is 5.87. The molecule has 2 aliphatic heterocycles. The molecule has 120 valence electrons. The fourth-order valence-corrected chi connectivity index (χ4v) is 3.69. The van der Waals surface area contributed by atoms with Crippen LogP contribution in [0.15, 0.2) is 27.7 Å². The van der Waals surface area contributed by atoms with E-state index in [0.717, 1.165) is 40.5 Å². The number of hydrogen-bond donors (Lipinski definition) is 1. The van der Waals surface area contributed by atoms with Crippen molar-refractivity contribution in [2.45, 2.75) is 32.4 Å². The predicted molar refractivity (Wildman–Crippen MR) is 90.6 cm³/mol. The fraction of sp³-hybridized carbons (Fsp3) is 0.438. The molecule has 1 aromatic carbocycles. The molecule has 0 amide bonds. The van der Waals surface area contributed by atoms with Crippen LogP contribution in [0.25, 0.3) is 5.69 Å². The predicted octanol–water partition coefficient (Wildman–Crippen LogP) is 2.27. The van der Waals surface area contributed by atoms with Gasteiger partial charge in [0.05, 0.1) is 5.69 Å². The van der Waals surface area contributed by atoms with E-state index in [1.165, 1.54) is 19.3 Å². The summed E-state index contributed by atoms with van der Waals surface area (Å²) >= 11 is 3.57. The first kappa shape index (κ1) is 14.8. The molecule has 3 heterocycles. The van der Waals surface area contributed by atoms with Gasteiger partial charge >= 0.3 is 0 Å². The Morgan fingerprint density at radius 3 is 2.74 bits per heavy atom. The van der Waals surface area contributed by atoms with Crippen molar-refractivity contribution in [1.82, 2.24) is 19.7 Å². The lowest BCUT2D eigenvalue weighted by molar-refractivity contribution is 0.268. The first-order valence-corrected chi connectivity index (χ1v) is 8.71. The summed E-state index contributed by atoms with van der Waals surface area (Å²) < 4.78 is 2.95. The van der Waals surface area contributed by atoms with Crippen molar-refractivity contribution < 1.29 is 5.11 Å². The van der Waals surface area contributed by atoms with E-state index in [9.17, 15) is 5.11 Å². The molecule has 1 aromatic heterocycles. The standard InChI is InChI=1S/C16H18BrN5O/c17-11-4-5-13-12(8-11)16(21-6-2-1-3-7-21)18-9-14-19-20-15(10-23)22(13)14/h4-5,8,23H,1-3,6-7,9-10H2. The van der Waals surface area contributed by atoms with Gasteiger partial charge in [0.1, 0.15) is 19.0 Å². The van der Waals surface area contributed by atoms with Gasteiger partial charge in [-0.15, -0.1) is 10.2 Å². The molecule has 6 nitrogen and oxygen atoms in total. The SMILES string of the molecule is OCc1nnc2n1-c1ccc(Br)cc1C(N1CCCCC1)=NC2. The molecule has 1 N–H and O–H groups in total. The monoisotopic (exact) mass is 375 g/mol. The van der Waals surface area contributed by atoms with E-state index in [4.69, 9.17) is 4.99 Å². The first-order valence-electron chi connectivity index (χ1n) is 7.91. The van der Waals surface area contributed by atoms with E-state index >= 15 is 0 Å². The van der Waals surface area contributed by atoms with Crippen molar-refractivity contribution in [2.75, 3.05) is 13.1 Å². The van der Waals surface area contributed by atoms with Gasteiger partial charge in [-0.3, -0.25) is 9.56 Å². The average molecular weight is 376 g/mol. The summed E-state index contributed by atoms with van der Waals surface area (Å²) in [6, 6.07) is 6.14. The third-order valence-electron chi connectivity index (χ3n) is 4.40.